The van der Waals surface area contributed by atoms with Crippen molar-refractivity contribution in [2.45, 2.75) is 57.2 Å². The van der Waals surface area contributed by atoms with Crippen molar-refractivity contribution in [2.75, 3.05) is 24.7 Å². The van der Waals surface area contributed by atoms with Gasteiger partial charge in [-0.05, 0) is 44.5 Å². The third kappa shape index (κ3) is 5.84. The molecule has 3 unspecified atom stereocenters. The molecule has 0 spiro atoms. The fourth-order valence-electron chi connectivity index (χ4n) is 3.66. The summed E-state index contributed by atoms with van der Waals surface area (Å²) in [6, 6.07) is 7.22. The first kappa shape index (κ1) is 25.9. The number of ether oxygens (including phenoxy) is 3. The van der Waals surface area contributed by atoms with Gasteiger partial charge >= 0.3 is 0 Å². The number of carbonyl (C=O) groups is 1. The van der Waals surface area contributed by atoms with Crippen molar-refractivity contribution >= 4 is 40.7 Å². The topological polar surface area (TPSA) is 163 Å². The summed E-state index contributed by atoms with van der Waals surface area (Å²) in [5, 5.41) is 17.1. The van der Waals surface area contributed by atoms with E-state index in [0.29, 0.717) is 31.2 Å². The maximum Gasteiger partial charge on any atom is 0.266 e. The van der Waals surface area contributed by atoms with Gasteiger partial charge in [-0.2, -0.15) is 0 Å². The first-order valence-corrected chi connectivity index (χ1v) is 11.5. The van der Waals surface area contributed by atoms with Gasteiger partial charge in [0.15, 0.2) is 11.3 Å². The number of anilines is 1. The van der Waals surface area contributed by atoms with E-state index in [1.807, 2.05) is 32.9 Å². The second-order valence-corrected chi connectivity index (χ2v) is 8.91. The molecule has 1 fully saturated rings. The smallest absolute Gasteiger partial charge is 0.266 e. The van der Waals surface area contributed by atoms with Crippen LogP contribution in [0.1, 0.15) is 33.6 Å². The maximum absolute atomic E-state index is 11.8. The van der Waals surface area contributed by atoms with Gasteiger partial charge in [-0.1, -0.05) is 24.9 Å². The minimum Gasteiger partial charge on any atom is -0.491 e. The number of alkyl halides is 1. The van der Waals surface area contributed by atoms with Crippen LogP contribution in [-0.4, -0.2) is 71.6 Å². The summed E-state index contributed by atoms with van der Waals surface area (Å²) in [6.45, 7) is 7.07. The number of hydrogen-bond donors (Lipinski definition) is 4. The molecule has 1 amide bonds. The van der Waals surface area contributed by atoms with Crippen molar-refractivity contribution in [3.05, 3.63) is 24.3 Å². The molecule has 2 aliphatic heterocycles. The number of benzene rings is 1. The number of guanidine groups is 1. The number of hydrogen-bond acceptors (Lipinski definition) is 8. The van der Waals surface area contributed by atoms with Crippen molar-refractivity contribution < 1.29 is 19.0 Å². The average molecular weight is 494 g/mol. The number of aliphatic imine (C=N–C) groups is 1. The second kappa shape index (κ2) is 10.7. The molecule has 6 N–H and O–H groups in total. The fourth-order valence-corrected chi connectivity index (χ4v) is 3.87. The number of amides is 1. The molecule has 1 saturated heterocycles. The molecule has 3 rings (SSSR count). The molecule has 186 valence electrons. The normalized spacial score (nSPS) is 24.0. The highest BCUT2D eigenvalue weighted by molar-refractivity contribution is 6.45. The summed E-state index contributed by atoms with van der Waals surface area (Å²) in [5.74, 6) is -1.11. The molecule has 1 aromatic rings. The Kier molecular flexibility index (Phi) is 8.13. The third-order valence-electron chi connectivity index (χ3n) is 5.42. The predicted molar refractivity (Wildman–Crippen MR) is 131 cm³/mol. The molecule has 11 nitrogen and oxygen atoms in total. The van der Waals surface area contributed by atoms with Crippen LogP contribution in [0.5, 0.6) is 5.75 Å². The summed E-state index contributed by atoms with van der Waals surface area (Å²) >= 11 is 6.12. The molecule has 2 aliphatic rings. The zero-order valence-corrected chi connectivity index (χ0v) is 20.3. The van der Waals surface area contributed by atoms with Gasteiger partial charge in [0.05, 0.1) is 6.61 Å². The highest BCUT2D eigenvalue weighted by atomic mass is 35.5. The molecule has 0 radical (unpaired) electrons. The van der Waals surface area contributed by atoms with Crippen LogP contribution in [0, 0.1) is 10.8 Å². The molecule has 2 heterocycles. The van der Waals surface area contributed by atoms with Gasteiger partial charge in [0.1, 0.15) is 36.2 Å². The predicted octanol–water partition coefficient (Wildman–Crippen LogP) is 1.83. The molecule has 0 saturated carbocycles. The number of primary amides is 1. The van der Waals surface area contributed by atoms with E-state index in [2.05, 4.69) is 4.99 Å². The summed E-state index contributed by atoms with van der Waals surface area (Å²) in [6.07, 6.45) is 0.338. The summed E-state index contributed by atoms with van der Waals surface area (Å²) in [4.78, 5) is 18.5. The zero-order chi connectivity index (χ0) is 25.0. The number of halogens is 1. The van der Waals surface area contributed by atoms with E-state index in [9.17, 15) is 4.79 Å². The quantitative estimate of drug-likeness (QED) is 0.186. The van der Waals surface area contributed by atoms with Crippen LogP contribution in [0.2, 0.25) is 0 Å². The summed E-state index contributed by atoms with van der Waals surface area (Å²) in [5.41, 5.74) is 10.9. The summed E-state index contributed by atoms with van der Waals surface area (Å²) in [7, 11) is 0. The number of carbonyl (C=O) groups excluding carboxylic acids is 1. The number of nitrogens with one attached hydrogen (secondary N) is 2. The Morgan fingerprint density at radius 1 is 1.38 bits per heavy atom. The van der Waals surface area contributed by atoms with E-state index in [4.69, 9.17) is 48.1 Å². The highest BCUT2D eigenvalue weighted by Crippen LogP contribution is 2.26. The van der Waals surface area contributed by atoms with Gasteiger partial charge in [0, 0.05) is 12.2 Å². The Morgan fingerprint density at radius 3 is 2.62 bits per heavy atom. The van der Waals surface area contributed by atoms with E-state index in [-0.39, 0.29) is 23.6 Å². The molecule has 3 atom stereocenters. The standard InChI is InChI=1S/C22H32ClN7O4/c1-4-5-10-29(21(27)30-18(24)16(20(26)31)28-17(23)19(30)25)13-6-8-14(9-7-13)32-11-15-12-33-22(2,3)34-15/h6-9,15,17-18,25,27H,4-5,10-12,24H2,1-3H3,(H2,26,31). The van der Waals surface area contributed by atoms with E-state index < -0.39 is 23.4 Å². The van der Waals surface area contributed by atoms with Crippen LogP contribution >= 0.6 is 11.6 Å². The van der Waals surface area contributed by atoms with Gasteiger partial charge in [-0.3, -0.25) is 25.5 Å². The lowest BCUT2D eigenvalue weighted by Gasteiger charge is -2.39. The van der Waals surface area contributed by atoms with Crippen molar-refractivity contribution in [3.8, 4) is 5.75 Å². The van der Waals surface area contributed by atoms with Crippen molar-refractivity contribution in [3.63, 3.8) is 0 Å². The van der Waals surface area contributed by atoms with Crippen LogP contribution in [0.15, 0.2) is 29.3 Å². The van der Waals surface area contributed by atoms with Crippen molar-refractivity contribution in [1.29, 1.82) is 10.8 Å². The lowest BCUT2D eigenvalue weighted by atomic mass is 10.2. The average Bonchev–Trinajstić information content (AvgIpc) is 3.14. The molecule has 0 aromatic heterocycles. The van der Waals surface area contributed by atoms with E-state index >= 15 is 0 Å². The highest BCUT2D eigenvalue weighted by Gasteiger charge is 2.39. The van der Waals surface area contributed by atoms with Crippen molar-refractivity contribution in [2.24, 2.45) is 16.5 Å². The Balaban J connectivity index is 1.76. The number of unbranched alkanes of at least 4 members (excludes halogenated alkanes) is 1. The Bertz CT molecular complexity index is 953. The van der Waals surface area contributed by atoms with Gasteiger partial charge in [0.2, 0.25) is 5.96 Å². The zero-order valence-electron chi connectivity index (χ0n) is 19.6. The van der Waals surface area contributed by atoms with Gasteiger partial charge in [-0.25, -0.2) is 0 Å². The Labute approximate surface area is 204 Å². The monoisotopic (exact) mass is 493 g/mol. The van der Waals surface area contributed by atoms with Crippen LogP contribution in [0.25, 0.3) is 0 Å². The largest absolute Gasteiger partial charge is 0.491 e. The summed E-state index contributed by atoms with van der Waals surface area (Å²) < 4.78 is 17.1. The number of nitrogens with two attached hydrogens (primary N) is 2. The molecule has 34 heavy (non-hydrogen) atoms. The minimum absolute atomic E-state index is 0.0994. The first-order chi connectivity index (χ1) is 16.0. The maximum atomic E-state index is 11.8. The van der Waals surface area contributed by atoms with E-state index in [0.717, 1.165) is 12.8 Å². The number of rotatable bonds is 8. The molecule has 12 heteroatoms. The van der Waals surface area contributed by atoms with Crippen LogP contribution in [-0.2, 0) is 14.3 Å². The number of nitrogens with zero attached hydrogens (tertiary/aromatic N) is 3. The second-order valence-electron chi connectivity index (χ2n) is 8.50. The first-order valence-electron chi connectivity index (χ1n) is 11.1. The molecular weight excluding hydrogens is 462 g/mol. The third-order valence-corrected chi connectivity index (χ3v) is 5.72. The molecule has 0 bridgehead atoms. The van der Waals surface area contributed by atoms with E-state index in [1.165, 1.54) is 4.90 Å². The van der Waals surface area contributed by atoms with Crippen LogP contribution < -0.4 is 21.1 Å². The fraction of sp³-hybridized carbons (Fsp3) is 0.545. The van der Waals surface area contributed by atoms with Crippen LogP contribution in [0.4, 0.5) is 5.69 Å². The number of amidine groups is 1. The molecule has 1 aromatic carbocycles. The lowest BCUT2D eigenvalue weighted by molar-refractivity contribution is -0.141. The molecule has 0 aliphatic carbocycles. The van der Waals surface area contributed by atoms with Crippen LogP contribution in [0.3, 0.4) is 0 Å². The minimum atomic E-state index is -1.18. The van der Waals surface area contributed by atoms with Gasteiger partial charge in [-0.15, -0.1) is 0 Å². The van der Waals surface area contributed by atoms with Gasteiger partial charge in [0.25, 0.3) is 5.91 Å². The van der Waals surface area contributed by atoms with E-state index in [1.54, 1.807) is 17.0 Å². The van der Waals surface area contributed by atoms with Crippen molar-refractivity contribution in [1.82, 2.24) is 4.90 Å². The molecular formula is C22H32ClN7O4. The Hall–Kier alpha value is -2.73. The SMILES string of the molecule is CCCCN(C(=N)N1C(=N)C(Cl)N=C(C(N)=O)C1N)c1ccc(OCC2COC(C)(C)O2)cc1. The Morgan fingerprint density at radius 2 is 2.06 bits per heavy atom. The van der Waals surface area contributed by atoms with Gasteiger partial charge < -0.3 is 30.6 Å². The lowest BCUT2D eigenvalue weighted by Crippen LogP contribution is -2.64.